The smallest absolute Gasteiger partial charge is 0.338 e. The molecule has 0 aliphatic heterocycles. The second-order valence-electron chi connectivity index (χ2n) is 2.02. The van der Waals surface area contributed by atoms with Gasteiger partial charge in [-0.05, 0) is 12.1 Å². The molecular formula is C7H3Cl3LiO2. The summed E-state index contributed by atoms with van der Waals surface area (Å²) in [6.45, 7) is 0. The van der Waals surface area contributed by atoms with Crippen LogP contribution >= 0.6 is 34.8 Å². The molecule has 13 heavy (non-hydrogen) atoms. The van der Waals surface area contributed by atoms with Crippen LogP contribution in [0.5, 0.6) is 0 Å². The largest absolute Gasteiger partial charge is 0.478 e. The normalized spacial score (nSPS) is 9.15. The fraction of sp³-hybridized carbons (Fsp3) is 0. The summed E-state index contributed by atoms with van der Waals surface area (Å²) in [7, 11) is 0. The first-order chi connectivity index (χ1) is 5.54. The molecule has 0 aliphatic rings. The van der Waals surface area contributed by atoms with Gasteiger partial charge in [0, 0.05) is 18.9 Å². The van der Waals surface area contributed by atoms with E-state index in [1.807, 2.05) is 0 Å². The minimum Gasteiger partial charge on any atom is -0.478 e. The maximum atomic E-state index is 10.6. The van der Waals surface area contributed by atoms with Crippen molar-refractivity contribution in [3.8, 4) is 0 Å². The molecule has 1 aromatic rings. The summed E-state index contributed by atoms with van der Waals surface area (Å²) in [6.07, 6.45) is 0. The molecule has 1 N–H and O–H groups in total. The number of halogens is 3. The zero-order chi connectivity index (χ0) is 9.30. The summed E-state index contributed by atoms with van der Waals surface area (Å²) in [4.78, 5) is 10.6. The van der Waals surface area contributed by atoms with E-state index in [4.69, 9.17) is 39.9 Å². The number of carbonyl (C=O) groups is 1. The Morgan fingerprint density at radius 2 is 1.62 bits per heavy atom. The molecule has 1 radical (unpaired) electrons. The van der Waals surface area contributed by atoms with Crippen molar-refractivity contribution in [3.63, 3.8) is 0 Å². The summed E-state index contributed by atoms with van der Waals surface area (Å²) in [5.41, 5.74) is -0.161. The van der Waals surface area contributed by atoms with Gasteiger partial charge < -0.3 is 5.11 Å². The number of carboxylic acid groups (broad SMARTS) is 1. The Labute approximate surface area is 102 Å². The number of rotatable bonds is 1. The summed E-state index contributed by atoms with van der Waals surface area (Å²) >= 11 is 16.7. The molecule has 2 nitrogen and oxygen atoms in total. The van der Waals surface area contributed by atoms with Crippen LogP contribution in [0.2, 0.25) is 15.1 Å². The van der Waals surface area contributed by atoms with Crippen LogP contribution in [0.1, 0.15) is 10.4 Å². The first-order valence-electron chi connectivity index (χ1n) is 2.91. The van der Waals surface area contributed by atoms with Gasteiger partial charge in [0.2, 0.25) is 0 Å². The van der Waals surface area contributed by atoms with E-state index in [1.165, 1.54) is 12.1 Å². The van der Waals surface area contributed by atoms with Crippen LogP contribution in [-0.2, 0) is 0 Å². The van der Waals surface area contributed by atoms with Crippen molar-refractivity contribution in [2.45, 2.75) is 0 Å². The minimum absolute atomic E-state index is 0. The average Bonchev–Trinajstić information content (AvgIpc) is 1.97. The predicted molar refractivity (Wildman–Crippen MR) is 54.2 cm³/mol. The van der Waals surface area contributed by atoms with E-state index in [1.54, 1.807) is 0 Å². The molecule has 0 unspecified atom stereocenters. The van der Waals surface area contributed by atoms with E-state index < -0.39 is 5.97 Å². The Balaban J connectivity index is 0.00000144. The number of carboxylic acids is 1. The summed E-state index contributed by atoms with van der Waals surface area (Å²) in [5, 5.41) is 8.87. The molecule has 0 aliphatic carbocycles. The predicted octanol–water partition coefficient (Wildman–Crippen LogP) is 2.96. The fourth-order valence-electron chi connectivity index (χ4n) is 0.723. The Morgan fingerprint density at radius 3 is 2.00 bits per heavy atom. The third kappa shape index (κ3) is 2.80. The summed E-state index contributed by atoms with van der Waals surface area (Å²) in [6, 6.07) is 2.83. The molecule has 0 amide bonds. The Bertz CT molecular complexity index is 341. The second-order valence-corrected chi connectivity index (χ2v) is 3.22. The number of benzene rings is 1. The first kappa shape index (κ1) is 13.2. The van der Waals surface area contributed by atoms with Gasteiger partial charge in [-0.2, -0.15) is 0 Å². The Hall–Kier alpha value is 0.157. The fourth-order valence-corrected chi connectivity index (χ4v) is 1.41. The molecule has 0 saturated heterocycles. The van der Waals surface area contributed by atoms with Gasteiger partial charge in [0.1, 0.15) is 0 Å². The molecule has 0 spiro atoms. The molecule has 6 heteroatoms. The number of aromatic carboxylic acids is 1. The third-order valence-corrected chi connectivity index (χ3v) is 2.38. The molecule has 65 valence electrons. The van der Waals surface area contributed by atoms with Crippen molar-refractivity contribution in [1.82, 2.24) is 0 Å². The van der Waals surface area contributed by atoms with Gasteiger partial charge in [-0.25, -0.2) is 4.79 Å². The van der Waals surface area contributed by atoms with Gasteiger partial charge in [-0.15, -0.1) is 0 Å². The molecular weight excluding hydrogens is 229 g/mol. The van der Waals surface area contributed by atoms with Crippen molar-refractivity contribution in [3.05, 3.63) is 32.8 Å². The van der Waals surface area contributed by atoms with Crippen LogP contribution in [-0.4, -0.2) is 29.9 Å². The molecule has 0 atom stereocenters. The maximum absolute atomic E-state index is 10.6. The van der Waals surface area contributed by atoms with Gasteiger partial charge >= 0.3 is 5.97 Å². The molecule has 0 heterocycles. The van der Waals surface area contributed by atoms with Crippen LogP contribution in [0.3, 0.4) is 0 Å². The van der Waals surface area contributed by atoms with Crippen LogP contribution in [0.25, 0.3) is 0 Å². The van der Waals surface area contributed by atoms with Gasteiger partial charge in [0.25, 0.3) is 0 Å². The van der Waals surface area contributed by atoms with Crippen molar-refractivity contribution < 1.29 is 9.90 Å². The van der Waals surface area contributed by atoms with Gasteiger partial charge in [0.15, 0.2) is 0 Å². The van der Waals surface area contributed by atoms with Crippen molar-refractivity contribution in [2.24, 2.45) is 0 Å². The van der Waals surface area contributed by atoms with E-state index >= 15 is 0 Å². The number of hydrogen-bond acceptors (Lipinski definition) is 1. The van der Waals surface area contributed by atoms with Gasteiger partial charge in [0.05, 0.1) is 20.6 Å². The maximum Gasteiger partial charge on any atom is 0.338 e. The quantitative estimate of drug-likeness (QED) is 0.597. The number of hydrogen-bond donors (Lipinski definition) is 1. The standard InChI is InChI=1S/C7H3Cl3O2.Li/c8-3-1-2-4(9)6(10)5(3)7(11)12;/h1-2H,(H,11,12);. The van der Waals surface area contributed by atoms with E-state index in [9.17, 15) is 4.79 Å². The topological polar surface area (TPSA) is 37.3 Å². The third-order valence-electron chi connectivity index (χ3n) is 1.26. The van der Waals surface area contributed by atoms with E-state index in [0.717, 1.165) is 0 Å². The Morgan fingerprint density at radius 1 is 1.15 bits per heavy atom. The zero-order valence-corrected chi connectivity index (χ0v) is 8.91. The summed E-state index contributed by atoms with van der Waals surface area (Å²) in [5.74, 6) is -1.19. The SMILES string of the molecule is O=C(O)c1c(Cl)ccc(Cl)c1Cl.[Li]. The molecule has 0 saturated carbocycles. The molecule has 0 aromatic heterocycles. The second kappa shape index (κ2) is 5.14. The van der Waals surface area contributed by atoms with Gasteiger partial charge in [-0.3, -0.25) is 0 Å². The Kier molecular flexibility index (Phi) is 5.20. The van der Waals surface area contributed by atoms with E-state index in [2.05, 4.69) is 0 Å². The monoisotopic (exact) mass is 231 g/mol. The minimum atomic E-state index is -1.19. The van der Waals surface area contributed by atoms with Crippen LogP contribution in [0, 0.1) is 0 Å². The van der Waals surface area contributed by atoms with Crippen molar-refractivity contribution >= 4 is 59.6 Å². The van der Waals surface area contributed by atoms with Crippen molar-refractivity contribution in [1.29, 1.82) is 0 Å². The van der Waals surface area contributed by atoms with Crippen molar-refractivity contribution in [2.75, 3.05) is 0 Å². The van der Waals surface area contributed by atoms with E-state index in [-0.39, 0.29) is 39.5 Å². The van der Waals surface area contributed by atoms with E-state index in [0.29, 0.717) is 0 Å². The van der Waals surface area contributed by atoms with Crippen LogP contribution in [0.4, 0.5) is 0 Å². The van der Waals surface area contributed by atoms with Gasteiger partial charge in [-0.1, -0.05) is 34.8 Å². The zero-order valence-electron chi connectivity index (χ0n) is 6.64. The first-order valence-corrected chi connectivity index (χ1v) is 4.04. The molecule has 0 bridgehead atoms. The molecule has 0 fully saturated rings. The molecule has 1 rings (SSSR count). The molecule has 1 aromatic carbocycles. The average molecular weight is 232 g/mol. The van der Waals surface area contributed by atoms with Crippen LogP contribution in [0.15, 0.2) is 12.1 Å². The van der Waals surface area contributed by atoms with Crippen LogP contribution < -0.4 is 0 Å². The summed E-state index contributed by atoms with van der Waals surface area (Å²) < 4.78 is 0.